The molecule has 4 fully saturated rings. The lowest BCUT2D eigenvalue weighted by molar-refractivity contribution is -0.174. The zero-order valence-corrected chi connectivity index (χ0v) is 18.9. The van der Waals surface area contributed by atoms with Crippen molar-refractivity contribution in [2.45, 2.75) is 77.8 Å². The average molecular weight is 438 g/mol. The highest BCUT2D eigenvalue weighted by molar-refractivity contribution is 5.76. The van der Waals surface area contributed by atoms with Gasteiger partial charge in [-0.15, -0.1) is 0 Å². The van der Waals surface area contributed by atoms with Crippen LogP contribution in [0.25, 0.3) is 0 Å². The third-order valence-electron chi connectivity index (χ3n) is 8.20. The van der Waals surface area contributed by atoms with Crippen molar-refractivity contribution in [3.8, 4) is 0 Å². The molecule has 8 nitrogen and oxygen atoms in total. The van der Waals surface area contributed by atoms with Crippen molar-refractivity contribution >= 4 is 17.9 Å². The van der Waals surface area contributed by atoms with Gasteiger partial charge in [0.15, 0.2) is 0 Å². The maximum Gasteiger partial charge on any atom is 0.311 e. The first-order chi connectivity index (χ1) is 14.6. The lowest BCUT2D eigenvalue weighted by atomic mass is 9.66. The van der Waals surface area contributed by atoms with Gasteiger partial charge in [-0.1, -0.05) is 13.8 Å². The van der Waals surface area contributed by atoms with Crippen molar-refractivity contribution in [1.82, 2.24) is 4.90 Å². The van der Waals surface area contributed by atoms with Crippen LogP contribution in [0, 0.1) is 29.1 Å². The number of hydrogen-bond acceptors (Lipinski definition) is 8. The molecular weight excluding hydrogens is 402 g/mol. The lowest BCUT2D eigenvalue weighted by Gasteiger charge is -2.44. The van der Waals surface area contributed by atoms with Gasteiger partial charge < -0.3 is 24.2 Å². The van der Waals surface area contributed by atoms with Crippen molar-refractivity contribution in [1.29, 1.82) is 0 Å². The third-order valence-corrected chi connectivity index (χ3v) is 8.20. The predicted molar refractivity (Wildman–Crippen MR) is 110 cm³/mol. The first-order valence-electron chi connectivity index (χ1n) is 11.6. The molecule has 0 aromatic rings. The molecule has 2 heterocycles. The first-order valence-corrected chi connectivity index (χ1v) is 11.6. The summed E-state index contributed by atoms with van der Waals surface area (Å²) in [5.74, 6) is -2.00. The molecule has 0 amide bonds. The number of rotatable bonds is 4. The van der Waals surface area contributed by atoms with E-state index >= 15 is 0 Å². The van der Waals surface area contributed by atoms with Crippen LogP contribution in [-0.4, -0.2) is 72.0 Å². The van der Waals surface area contributed by atoms with Gasteiger partial charge in [0.1, 0.15) is 18.3 Å². The number of likely N-dealkylation sites (tertiary alicyclic amines) is 1. The summed E-state index contributed by atoms with van der Waals surface area (Å²) in [6.45, 7) is 9.19. The molecule has 0 bridgehead atoms. The molecule has 4 rings (SSSR count). The Hall–Kier alpha value is -1.67. The van der Waals surface area contributed by atoms with Crippen LogP contribution in [0.1, 0.15) is 53.4 Å². The summed E-state index contributed by atoms with van der Waals surface area (Å²) < 4.78 is 17.4. The van der Waals surface area contributed by atoms with Crippen LogP contribution in [0.15, 0.2) is 0 Å². The molecular formula is C23H35NO7. The maximum absolute atomic E-state index is 12.9. The fourth-order valence-electron chi connectivity index (χ4n) is 7.03. The van der Waals surface area contributed by atoms with Gasteiger partial charge in [-0.2, -0.15) is 0 Å². The Morgan fingerprint density at radius 1 is 1.16 bits per heavy atom. The van der Waals surface area contributed by atoms with E-state index in [1.165, 1.54) is 13.8 Å². The largest absolute Gasteiger partial charge is 0.462 e. The summed E-state index contributed by atoms with van der Waals surface area (Å²) in [6.07, 6.45) is 0.756. The van der Waals surface area contributed by atoms with E-state index in [9.17, 15) is 19.5 Å². The number of aliphatic hydroxyl groups is 1. The minimum absolute atomic E-state index is 0.0119. The molecule has 0 aromatic heterocycles. The van der Waals surface area contributed by atoms with Crippen LogP contribution >= 0.6 is 0 Å². The van der Waals surface area contributed by atoms with Crippen LogP contribution in [0.5, 0.6) is 0 Å². The summed E-state index contributed by atoms with van der Waals surface area (Å²) in [4.78, 5) is 39.2. The predicted octanol–water partition coefficient (Wildman–Crippen LogP) is 1.53. The number of fused-ring (bicyclic) bond motifs is 2. The number of aliphatic hydroxyl groups excluding tert-OH is 1. The standard InChI is InChI=1S/C23H35NO7/c1-12-9-16-19(15(22(28)31-16)11-24-7-5-6-8-24)21(30-14(3)26)23(4)18(27)10-17(20(12)23)29-13(2)25/h12,15-21,27H,5-11H2,1-4H3/t12-,15-,16+,17+,18+,19-,20+,21+,23-/m1/s1. The van der Waals surface area contributed by atoms with E-state index in [4.69, 9.17) is 14.2 Å². The monoisotopic (exact) mass is 437 g/mol. The highest BCUT2D eigenvalue weighted by Crippen LogP contribution is 2.59. The molecule has 4 aliphatic rings. The topological polar surface area (TPSA) is 102 Å². The minimum atomic E-state index is -0.845. The number of carbonyl (C=O) groups is 3. The van der Waals surface area contributed by atoms with Gasteiger partial charge >= 0.3 is 17.9 Å². The second kappa shape index (κ2) is 8.35. The van der Waals surface area contributed by atoms with Gasteiger partial charge in [-0.25, -0.2) is 0 Å². The summed E-state index contributed by atoms with van der Waals surface area (Å²) in [5, 5.41) is 11.2. The molecule has 2 saturated heterocycles. The summed E-state index contributed by atoms with van der Waals surface area (Å²) >= 11 is 0. The molecule has 0 radical (unpaired) electrons. The van der Waals surface area contributed by atoms with E-state index < -0.39 is 35.6 Å². The van der Waals surface area contributed by atoms with Crippen LogP contribution < -0.4 is 0 Å². The van der Waals surface area contributed by atoms with Crippen LogP contribution in [0.2, 0.25) is 0 Å². The van der Waals surface area contributed by atoms with Gasteiger partial charge in [0, 0.05) is 44.1 Å². The molecule has 0 spiro atoms. The minimum Gasteiger partial charge on any atom is -0.462 e. The maximum atomic E-state index is 12.9. The molecule has 0 unspecified atom stereocenters. The summed E-state index contributed by atoms with van der Waals surface area (Å²) in [5.41, 5.74) is -0.845. The molecule has 174 valence electrons. The first kappa shape index (κ1) is 22.5. The SMILES string of the molecule is CC(=O)O[C@H]1C[C@H](O)[C@]2(C)[C@H]1[C@H](C)C[C@@H]1OC(=O)[C@H](CN3CCCC3)[C@H]1[C@@H]2OC(C)=O. The Morgan fingerprint density at radius 3 is 2.42 bits per heavy atom. The summed E-state index contributed by atoms with van der Waals surface area (Å²) in [7, 11) is 0. The zero-order chi connectivity index (χ0) is 22.5. The van der Waals surface area contributed by atoms with Gasteiger partial charge in [0.05, 0.1) is 12.0 Å². The fraction of sp³-hybridized carbons (Fsp3) is 0.870. The molecule has 2 aliphatic carbocycles. The van der Waals surface area contributed by atoms with Gasteiger partial charge in [-0.05, 0) is 38.3 Å². The second-order valence-electron chi connectivity index (χ2n) is 10.2. The van der Waals surface area contributed by atoms with E-state index in [-0.39, 0.29) is 35.8 Å². The number of hydrogen-bond donors (Lipinski definition) is 1. The van der Waals surface area contributed by atoms with Gasteiger partial charge in [0.2, 0.25) is 0 Å². The third kappa shape index (κ3) is 3.86. The Kier molecular flexibility index (Phi) is 6.07. The Morgan fingerprint density at radius 2 is 1.81 bits per heavy atom. The van der Waals surface area contributed by atoms with Crippen LogP contribution in [0.4, 0.5) is 0 Å². The highest BCUT2D eigenvalue weighted by atomic mass is 16.6. The molecule has 8 heteroatoms. The average Bonchev–Trinajstić information content (AvgIpc) is 3.31. The van der Waals surface area contributed by atoms with Crippen molar-refractivity contribution in [3.05, 3.63) is 0 Å². The van der Waals surface area contributed by atoms with E-state index in [2.05, 4.69) is 4.90 Å². The normalized spacial score (nSPS) is 44.9. The lowest BCUT2D eigenvalue weighted by Crippen LogP contribution is -2.53. The van der Waals surface area contributed by atoms with E-state index in [1.807, 2.05) is 13.8 Å². The van der Waals surface area contributed by atoms with Crippen LogP contribution in [0.3, 0.4) is 0 Å². The highest BCUT2D eigenvalue weighted by Gasteiger charge is 2.67. The zero-order valence-electron chi connectivity index (χ0n) is 18.9. The summed E-state index contributed by atoms with van der Waals surface area (Å²) in [6, 6.07) is 0. The molecule has 2 saturated carbocycles. The molecule has 1 N–H and O–H groups in total. The van der Waals surface area contributed by atoms with Crippen molar-refractivity contribution in [2.75, 3.05) is 19.6 Å². The second-order valence-corrected chi connectivity index (χ2v) is 10.2. The van der Waals surface area contributed by atoms with E-state index in [0.29, 0.717) is 19.4 Å². The number of carbonyl (C=O) groups excluding carboxylic acids is 3. The Labute approximate surface area is 183 Å². The van der Waals surface area contributed by atoms with Crippen molar-refractivity contribution in [3.63, 3.8) is 0 Å². The van der Waals surface area contributed by atoms with Crippen LogP contribution in [-0.2, 0) is 28.6 Å². The molecule has 31 heavy (non-hydrogen) atoms. The number of nitrogens with zero attached hydrogens (tertiary/aromatic N) is 1. The Bertz CT molecular complexity index is 735. The van der Waals surface area contributed by atoms with Gasteiger partial charge in [-0.3, -0.25) is 14.4 Å². The Balaban J connectivity index is 1.74. The van der Waals surface area contributed by atoms with Gasteiger partial charge in [0.25, 0.3) is 0 Å². The number of ether oxygens (including phenoxy) is 3. The molecule has 9 atom stereocenters. The fourth-order valence-corrected chi connectivity index (χ4v) is 7.03. The van der Waals surface area contributed by atoms with E-state index in [1.54, 1.807) is 0 Å². The number of esters is 3. The van der Waals surface area contributed by atoms with E-state index in [0.717, 1.165) is 25.9 Å². The molecule has 0 aromatic carbocycles. The smallest absolute Gasteiger partial charge is 0.311 e. The molecule has 2 aliphatic heterocycles. The van der Waals surface area contributed by atoms with Crippen molar-refractivity contribution < 1.29 is 33.7 Å². The van der Waals surface area contributed by atoms with Crippen molar-refractivity contribution in [2.24, 2.45) is 29.1 Å². The quantitative estimate of drug-likeness (QED) is 0.522.